The first-order valence-electron chi connectivity index (χ1n) is 15.3. The number of carbonyl (C=O) groups is 3. The van der Waals surface area contributed by atoms with Crippen LogP contribution in [0, 0.1) is 0 Å². The second-order valence-corrected chi connectivity index (χ2v) is 12.1. The molecule has 0 saturated carbocycles. The van der Waals surface area contributed by atoms with Crippen LogP contribution in [0.5, 0.6) is 0 Å². The summed E-state index contributed by atoms with van der Waals surface area (Å²) in [5.74, 6) is 0. The Balaban J connectivity index is 0.000000192. The SMILES string of the molecule is O=C(N1CCN(Cc2cccc(Cl)c2)CC1)n1cc(C(F)(F)F)cn1.O=C(N1CCNCC1)n1cc(C(F)(F)F)cn1.O=Cc1cccc(Cl)c1. The average molecular weight is 762 g/mol. The number of benzene rings is 2. The van der Waals surface area contributed by atoms with E-state index in [-0.39, 0.29) is 0 Å². The molecule has 2 fully saturated rings. The van der Waals surface area contributed by atoms with Crippen LogP contribution in [-0.4, -0.2) is 105 Å². The van der Waals surface area contributed by atoms with Crippen molar-refractivity contribution in [3.05, 3.63) is 106 Å². The predicted octanol–water partition coefficient (Wildman–Crippen LogP) is 6.27. The Bertz CT molecular complexity index is 1770. The second-order valence-electron chi connectivity index (χ2n) is 11.2. The van der Waals surface area contributed by atoms with Gasteiger partial charge < -0.3 is 15.1 Å². The van der Waals surface area contributed by atoms with Gasteiger partial charge in [0.25, 0.3) is 0 Å². The van der Waals surface area contributed by atoms with Crippen LogP contribution in [0.3, 0.4) is 0 Å². The molecule has 0 spiro atoms. The third-order valence-corrected chi connectivity index (χ3v) is 7.99. The zero-order valence-electron chi connectivity index (χ0n) is 26.7. The fourth-order valence-electron chi connectivity index (χ4n) is 4.86. The standard InChI is InChI=1S/C16H16ClF3N4O.C9H11F3N4O.C7H5ClO/c17-14-3-1-2-12(8-14)10-22-4-6-23(7-5-22)15(25)24-11-13(9-21-24)16(18,19)20;10-9(11,12)7-5-14-16(6-7)8(17)15-3-1-13-2-4-15;8-7-3-1-2-6(4-7)5-9/h1-3,8-9,11H,4-7,10H2;5-6,13H,1-4H2;1-5H. The summed E-state index contributed by atoms with van der Waals surface area (Å²) >= 11 is 11.5. The summed E-state index contributed by atoms with van der Waals surface area (Å²) in [5, 5.41) is 11.3. The molecule has 2 aliphatic heterocycles. The quantitative estimate of drug-likeness (QED) is 0.194. The maximum atomic E-state index is 12.6. The molecule has 0 bridgehead atoms. The Labute approximate surface area is 298 Å². The number of hydrogen-bond acceptors (Lipinski definition) is 7. The molecule has 2 aliphatic rings. The van der Waals surface area contributed by atoms with Crippen molar-refractivity contribution in [2.75, 3.05) is 52.4 Å². The third kappa shape index (κ3) is 11.8. The molecule has 2 amide bonds. The monoisotopic (exact) mass is 760 g/mol. The highest BCUT2D eigenvalue weighted by Gasteiger charge is 2.34. The van der Waals surface area contributed by atoms with E-state index >= 15 is 0 Å². The van der Waals surface area contributed by atoms with Crippen molar-refractivity contribution in [3.8, 4) is 0 Å². The van der Waals surface area contributed by atoms with Gasteiger partial charge in [0.2, 0.25) is 0 Å². The molecule has 2 aromatic heterocycles. The summed E-state index contributed by atoms with van der Waals surface area (Å²) < 4.78 is 76.2. The predicted molar refractivity (Wildman–Crippen MR) is 176 cm³/mol. The molecule has 2 saturated heterocycles. The Morgan fingerprint density at radius 3 is 1.65 bits per heavy atom. The van der Waals surface area contributed by atoms with Gasteiger partial charge in [0.1, 0.15) is 6.29 Å². The Morgan fingerprint density at radius 2 is 1.22 bits per heavy atom. The first-order valence-corrected chi connectivity index (χ1v) is 16.1. The molecule has 4 aromatic rings. The third-order valence-electron chi connectivity index (χ3n) is 7.52. The minimum Gasteiger partial charge on any atom is -0.320 e. The smallest absolute Gasteiger partial charge is 0.320 e. The summed E-state index contributed by atoms with van der Waals surface area (Å²) in [4.78, 5) is 39.3. The van der Waals surface area contributed by atoms with Gasteiger partial charge in [-0.05, 0) is 29.8 Å². The van der Waals surface area contributed by atoms with Crippen molar-refractivity contribution >= 4 is 41.6 Å². The lowest BCUT2D eigenvalue weighted by Gasteiger charge is -2.34. The van der Waals surface area contributed by atoms with Crippen LogP contribution in [0.4, 0.5) is 35.9 Å². The van der Waals surface area contributed by atoms with Gasteiger partial charge in [-0.1, -0.05) is 47.5 Å². The number of halogens is 8. The van der Waals surface area contributed by atoms with Crippen molar-refractivity contribution in [3.63, 3.8) is 0 Å². The number of piperazine rings is 2. The van der Waals surface area contributed by atoms with E-state index in [9.17, 15) is 40.7 Å². The largest absolute Gasteiger partial charge is 0.419 e. The molecule has 1 N–H and O–H groups in total. The summed E-state index contributed by atoms with van der Waals surface area (Å²) in [6.45, 7) is 5.06. The number of carbonyl (C=O) groups excluding carboxylic acids is 3. The van der Waals surface area contributed by atoms with E-state index in [4.69, 9.17) is 23.2 Å². The van der Waals surface area contributed by atoms with Gasteiger partial charge in [-0.2, -0.15) is 45.9 Å². The lowest BCUT2D eigenvalue weighted by Crippen LogP contribution is -2.49. The van der Waals surface area contributed by atoms with E-state index in [1.165, 1.54) is 9.80 Å². The Morgan fingerprint density at radius 1 is 0.725 bits per heavy atom. The second kappa shape index (κ2) is 17.7. The highest BCUT2D eigenvalue weighted by atomic mass is 35.5. The van der Waals surface area contributed by atoms with E-state index in [0.29, 0.717) is 93.1 Å². The molecule has 0 radical (unpaired) electrons. The van der Waals surface area contributed by atoms with Crippen LogP contribution in [0.2, 0.25) is 10.0 Å². The number of amides is 2. The first-order chi connectivity index (χ1) is 24.1. The Kier molecular flexibility index (Phi) is 13.6. The number of nitrogens with one attached hydrogen (secondary N) is 1. The highest BCUT2D eigenvalue weighted by Crippen LogP contribution is 2.29. The van der Waals surface area contributed by atoms with E-state index in [1.807, 2.05) is 18.2 Å². The minimum atomic E-state index is -4.51. The summed E-state index contributed by atoms with van der Waals surface area (Å²) in [6, 6.07) is 13.3. The fraction of sp³-hybridized carbons (Fsp3) is 0.344. The van der Waals surface area contributed by atoms with Crippen LogP contribution in [-0.2, 0) is 18.9 Å². The zero-order chi connectivity index (χ0) is 37.2. The maximum Gasteiger partial charge on any atom is 0.419 e. The van der Waals surface area contributed by atoms with Gasteiger partial charge in [0.15, 0.2) is 0 Å². The van der Waals surface area contributed by atoms with Gasteiger partial charge in [-0.25, -0.2) is 9.59 Å². The fourth-order valence-corrected chi connectivity index (χ4v) is 5.28. The molecule has 11 nitrogen and oxygen atoms in total. The van der Waals surface area contributed by atoms with Crippen LogP contribution < -0.4 is 5.32 Å². The van der Waals surface area contributed by atoms with Crippen molar-refractivity contribution < 1.29 is 40.7 Å². The molecule has 2 aromatic carbocycles. The first kappa shape index (κ1) is 39.3. The minimum absolute atomic E-state index is 0.431. The van der Waals surface area contributed by atoms with Gasteiger partial charge in [0.05, 0.1) is 23.5 Å². The van der Waals surface area contributed by atoms with Crippen molar-refractivity contribution in [2.45, 2.75) is 18.9 Å². The number of nitrogens with zero attached hydrogens (tertiary/aromatic N) is 7. The molecule has 274 valence electrons. The van der Waals surface area contributed by atoms with E-state index in [1.54, 1.807) is 30.3 Å². The normalized spacial score (nSPS) is 15.3. The maximum absolute atomic E-state index is 12.6. The summed E-state index contributed by atoms with van der Waals surface area (Å²) in [6.07, 6.45) is -5.46. The molecule has 4 heterocycles. The summed E-state index contributed by atoms with van der Waals surface area (Å²) in [5.41, 5.74) is -0.155. The van der Waals surface area contributed by atoms with Gasteiger partial charge >= 0.3 is 24.4 Å². The number of hydrogen-bond donors (Lipinski definition) is 1. The topological polar surface area (TPSA) is 109 Å². The van der Waals surface area contributed by atoms with E-state index < -0.39 is 35.5 Å². The molecule has 19 heteroatoms. The van der Waals surface area contributed by atoms with Crippen LogP contribution >= 0.6 is 23.2 Å². The highest BCUT2D eigenvalue weighted by molar-refractivity contribution is 6.31. The summed E-state index contributed by atoms with van der Waals surface area (Å²) in [7, 11) is 0. The van der Waals surface area contributed by atoms with Crippen molar-refractivity contribution in [2.24, 2.45) is 0 Å². The molecule has 6 rings (SSSR count). The lowest BCUT2D eigenvalue weighted by molar-refractivity contribution is -0.138. The number of rotatable bonds is 3. The molecular weight excluding hydrogens is 729 g/mol. The molecule has 0 atom stereocenters. The molecular formula is C32H32Cl2F6N8O3. The number of aldehydes is 1. The number of alkyl halides is 6. The van der Waals surface area contributed by atoms with Crippen LogP contribution in [0.1, 0.15) is 27.0 Å². The molecule has 51 heavy (non-hydrogen) atoms. The lowest BCUT2D eigenvalue weighted by atomic mass is 10.2. The average Bonchev–Trinajstić information content (AvgIpc) is 3.81. The van der Waals surface area contributed by atoms with Crippen LogP contribution in [0.25, 0.3) is 0 Å². The van der Waals surface area contributed by atoms with Crippen molar-refractivity contribution in [1.82, 2.24) is 39.6 Å². The van der Waals surface area contributed by atoms with Gasteiger partial charge in [0, 0.05) is 86.9 Å². The van der Waals surface area contributed by atoms with E-state index in [0.717, 1.165) is 27.4 Å². The van der Waals surface area contributed by atoms with E-state index in [2.05, 4.69) is 20.4 Å². The zero-order valence-corrected chi connectivity index (χ0v) is 28.3. The number of aromatic nitrogens is 4. The van der Waals surface area contributed by atoms with Gasteiger partial charge in [-0.15, -0.1) is 0 Å². The molecule has 0 aliphatic carbocycles. The molecule has 0 unspecified atom stereocenters. The van der Waals surface area contributed by atoms with Crippen molar-refractivity contribution in [1.29, 1.82) is 0 Å². The Hall–Kier alpha value is -4.45. The van der Waals surface area contributed by atoms with Gasteiger partial charge in [-0.3, -0.25) is 9.69 Å². The van der Waals surface area contributed by atoms with Crippen LogP contribution in [0.15, 0.2) is 73.3 Å².